The third kappa shape index (κ3) is 5.39. The van der Waals surface area contributed by atoms with Gasteiger partial charge in [-0.15, -0.1) is 0 Å². The number of amides is 1. The molecule has 186 valence electrons. The summed E-state index contributed by atoms with van der Waals surface area (Å²) in [7, 11) is 1.57. The van der Waals surface area contributed by atoms with Gasteiger partial charge in [0.25, 0.3) is 5.91 Å². The van der Waals surface area contributed by atoms with Crippen LogP contribution in [0, 0.1) is 6.92 Å². The average Bonchev–Trinajstić information content (AvgIpc) is 2.84. The first kappa shape index (κ1) is 25.3. The Hall–Kier alpha value is -3.77. The Kier molecular flexibility index (Phi) is 7.09. The summed E-state index contributed by atoms with van der Waals surface area (Å²) in [5.41, 5.74) is 3.13. The van der Waals surface area contributed by atoms with Crippen molar-refractivity contribution in [3.8, 4) is 22.8 Å². The molecule has 0 spiro atoms. The fourth-order valence-electron chi connectivity index (χ4n) is 3.75. The minimum atomic E-state index is -0.421. The molecule has 3 aromatic carbocycles. The molecule has 0 aliphatic heterocycles. The molecule has 0 unspecified atom stereocenters. The van der Waals surface area contributed by atoms with E-state index in [9.17, 15) is 9.59 Å². The van der Waals surface area contributed by atoms with E-state index < -0.39 is 11.3 Å². The zero-order valence-corrected chi connectivity index (χ0v) is 21.7. The lowest BCUT2D eigenvalue weighted by molar-refractivity contribution is -0.118. The molecule has 1 heterocycles. The molecule has 6 nitrogen and oxygen atoms in total. The highest BCUT2D eigenvalue weighted by atomic mass is 35.5. The van der Waals surface area contributed by atoms with Crippen LogP contribution in [0.4, 0.5) is 5.69 Å². The number of rotatable bonds is 6. The predicted molar refractivity (Wildman–Crippen MR) is 143 cm³/mol. The molecule has 0 fully saturated rings. The van der Waals surface area contributed by atoms with Crippen molar-refractivity contribution in [3.63, 3.8) is 0 Å². The van der Waals surface area contributed by atoms with Crippen molar-refractivity contribution in [2.24, 2.45) is 0 Å². The SMILES string of the molecule is COc1ccc(NC(=O)COc2c(-c3ccc(C(C)(C)C)cc3)oc3cc(C)c(Cl)cc3c2=O)cc1. The number of halogens is 1. The lowest BCUT2D eigenvalue weighted by Gasteiger charge is -2.19. The number of benzene rings is 3. The molecule has 1 N–H and O–H groups in total. The Morgan fingerprint density at radius 2 is 1.69 bits per heavy atom. The number of hydrogen-bond donors (Lipinski definition) is 1. The van der Waals surface area contributed by atoms with Gasteiger partial charge in [0, 0.05) is 16.3 Å². The molecule has 1 amide bonds. The molecule has 4 rings (SSSR count). The second-order valence-electron chi connectivity index (χ2n) is 9.58. The van der Waals surface area contributed by atoms with Crippen molar-refractivity contribution in [2.75, 3.05) is 19.0 Å². The molecule has 0 bridgehead atoms. The van der Waals surface area contributed by atoms with Crippen molar-refractivity contribution in [2.45, 2.75) is 33.1 Å². The van der Waals surface area contributed by atoms with Crippen LogP contribution in [0.5, 0.6) is 11.5 Å². The summed E-state index contributed by atoms with van der Waals surface area (Å²) in [6.07, 6.45) is 0. The first-order valence-electron chi connectivity index (χ1n) is 11.5. The molecule has 1 aromatic heterocycles. The third-order valence-electron chi connectivity index (χ3n) is 5.86. The van der Waals surface area contributed by atoms with Gasteiger partial charge in [0.1, 0.15) is 11.3 Å². The van der Waals surface area contributed by atoms with E-state index in [0.717, 1.165) is 11.1 Å². The van der Waals surface area contributed by atoms with Gasteiger partial charge in [-0.1, -0.05) is 56.6 Å². The normalized spacial score (nSPS) is 11.4. The number of nitrogens with one attached hydrogen (secondary N) is 1. The predicted octanol–water partition coefficient (Wildman–Crippen LogP) is 6.75. The van der Waals surface area contributed by atoms with E-state index in [-0.39, 0.29) is 28.9 Å². The van der Waals surface area contributed by atoms with Crippen LogP contribution in [0.25, 0.3) is 22.3 Å². The van der Waals surface area contributed by atoms with Crippen LogP contribution in [0.1, 0.15) is 31.9 Å². The van der Waals surface area contributed by atoms with Gasteiger partial charge >= 0.3 is 0 Å². The molecule has 0 aliphatic carbocycles. The van der Waals surface area contributed by atoms with Crippen molar-refractivity contribution in [1.29, 1.82) is 0 Å². The van der Waals surface area contributed by atoms with Crippen molar-refractivity contribution in [3.05, 3.63) is 87.0 Å². The standard InChI is InChI=1S/C29H28ClNO5/c1-17-14-24-22(15-23(17)30)26(33)28(27(36-24)18-6-8-19(9-7-18)29(2,3)4)35-16-25(32)31-20-10-12-21(34-5)13-11-20/h6-15H,16H2,1-5H3,(H,31,32). The minimum absolute atomic E-state index is 0.0323. The molecular formula is C29H28ClNO5. The van der Waals surface area contributed by atoms with Crippen molar-refractivity contribution < 1.29 is 18.7 Å². The number of methoxy groups -OCH3 is 1. The van der Waals surface area contributed by atoms with Crippen LogP contribution in [0.3, 0.4) is 0 Å². The van der Waals surface area contributed by atoms with E-state index in [0.29, 0.717) is 27.6 Å². The van der Waals surface area contributed by atoms with Crippen molar-refractivity contribution >= 4 is 34.2 Å². The monoisotopic (exact) mass is 505 g/mol. The maximum atomic E-state index is 13.5. The number of fused-ring (bicyclic) bond motifs is 1. The molecular weight excluding hydrogens is 478 g/mol. The van der Waals surface area contributed by atoms with Crippen LogP contribution in [-0.4, -0.2) is 19.6 Å². The highest BCUT2D eigenvalue weighted by Gasteiger charge is 2.21. The second-order valence-corrected chi connectivity index (χ2v) is 9.99. The van der Waals surface area contributed by atoms with Gasteiger partial charge in [0.2, 0.25) is 11.2 Å². The lowest BCUT2D eigenvalue weighted by atomic mass is 9.86. The molecule has 7 heteroatoms. The van der Waals surface area contributed by atoms with E-state index in [1.54, 1.807) is 43.5 Å². The first-order chi connectivity index (χ1) is 17.1. The number of carbonyl (C=O) groups excluding carboxylic acids is 1. The van der Waals surface area contributed by atoms with Gasteiger partial charge in [-0.25, -0.2) is 0 Å². The fourth-order valence-corrected chi connectivity index (χ4v) is 3.91. The summed E-state index contributed by atoms with van der Waals surface area (Å²) in [5.74, 6) is 0.465. The van der Waals surface area contributed by atoms with Crippen LogP contribution < -0.4 is 20.2 Å². The smallest absolute Gasteiger partial charge is 0.262 e. The summed E-state index contributed by atoms with van der Waals surface area (Å²) in [5, 5.41) is 3.47. The molecule has 36 heavy (non-hydrogen) atoms. The number of aryl methyl sites for hydroxylation is 1. The van der Waals surface area contributed by atoms with Gasteiger partial charge in [0.05, 0.1) is 12.5 Å². The van der Waals surface area contributed by atoms with Gasteiger partial charge < -0.3 is 19.2 Å². The van der Waals surface area contributed by atoms with Crippen molar-refractivity contribution in [1.82, 2.24) is 0 Å². The van der Waals surface area contributed by atoms with Gasteiger partial charge in [-0.05, 0) is 59.9 Å². The molecule has 0 saturated carbocycles. The van der Waals surface area contributed by atoms with Crippen LogP contribution in [-0.2, 0) is 10.2 Å². The topological polar surface area (TPSA) is 77.8 Å². The zero-order valence-electron chi connectivity index (χ0n) is 20.9. The fraction of sp³-hybridized carbons (Fsp3) is 0.241. The Morgan fingerprint density at radius 1 is 1.03 bits per heavy atom. The maximum Gasteiger partial charge on any atom is 0.262 e. The molecule has 0 saturated heterocycles. The Morgan fingerprint density at radius 3 is 2.31 bits per heavy atom. The van der Waals surface area contributed by atoms with E-state index >= 15 is 0 Å². The summed E-state index contributed by atoms with van der Waals surface area (Å²) in [6.45, 7) is 7.84. The van der Waals surface area contributed by atoms with E-state index in [1.807, 2.05) is 31.2 Å². The van der Waals surface area contributed by atoms with Crippen LogP contribution >= 0.6 is 11.6 Å². The molecule has 4 aromatic rings. The van der Waals surface area contributed by atoms with Gasteiger partial charge in [0.15, 0.2) is 12.4 Å². The summed E-state index contributed by atoms with van der Waals surface area (Å²) in [6, 6.07) is 18.0. The van der Waals surface area contributed by atoms with Crippen LogP contribution in [0.15, 0.2) is 69.9 Å². The zero-order chi connectivity index (χ0) is 26.0. The largest absolute Gasteiger partial charge is 0.497 e. The average molecular weight is 506 g/mol. The molecule has 0 aliphatic rings. The Labute approximate surface area is 214 Å². The number of anilines is 1. The Bertz CT molecular complexity index is 1470. The maximum absolute atomic E-state index is 13.5. The summed E-state index contributed by atoms with van der Waals surface area (Å²) >= 11 is 6.27. The number of ether oxygens (including phenoxy) is 2. The minimum Gasteiger partial charge on any atom is -0.497 e. The highest BCUT2D eigenvalue weighted by Crippen LogP contribution is 2.34. The quantitative estimate of drug-likeness (QED) is 0.314. The second kappa shape index (κ2) is 10.1. The highest BCUT2D eigenvalue weighted by molar-refractivity contribution is 6.32. The number of hydrogen-bond acceptors (Lipinski definition) is 5. The van der Waals surface area contributed by atoms with Gasteiger partial charge in [-0.2, -0.15) is 0 Å². The third-order valence-corrected chi connectivity index (χ3v) is 6.27. The molecule has 0 atom stereocenters. The van der Waals surface area contributed by atoms with Gasteiger partial charge in [-0.3, -0.25) is 9.59 Å². The van der Waals surface area contributed by atoms with Crippen LogP contribution in [0.2, 0.25) is 5.02 Å². The Balaban J connectivity index is 1.70. The van der Waals surface area contributed by atoms with E-state index in [2.05, 4.69) is 26.1 Å². The van der Waals surface area contributed by atoms with E-state index in [1.165, 1.54) is 0 Å². The summed E-state index contributed by atoms with van der Waals surface area (Å²) < 4.78 is 17.1. The molecule has 0 radical (unpaired) electrons. The van der Waals surface area contributed by atoms with E-state index in [4.69, 9.17) is 25.5 Å². The number of carbonyl (C=O) groups is 1. The summed E-state index contributed by atoms with van der Waals surface area (Å²) in [4.78, 5) is 26.1. The lowest BCUT2D eigenvalue weighted by Crippen LogP contribution is -2.22. The first-order valence-corrected chi connectivity index (χ1v) is 11.9.